The summed E-state index contributed by atoms with van der Waals surface area (Å²) in [7, 11) is 0. The molecule has 4 heteroatoms. The highest BCUT2D eigenvalue weighted by Crippen LogP contribution is 2.26. The molecule has 1 aliphatic heterocycles. The van der Waals surface area contributed by atoms with Gasteiger partial charge in [0.05, 0.1) is 17.4 Å². The van der Waals surface area contributed by atoms with Crippen molar-refractivity contribution in [2.45, 2.75) is 19.3 Å². The molecule has 1 aliphatic rings. The maximum atomic E-state index is 12.5. The summed E-state index contributed by atoms with van der Waals surface area (Å²) in [6, 6.07) is 22.2. The van der Waals surface area contributed by atoms with E-state index in [0.29, 0.717) is 5.56 Å². The minimum Gasteiger partial charge on any atom is -0.370 e. The number of carbonyl (C=O) groups excluding carboxylic acids is 1. The maximum Gasteiger partial charge on any atom is 0.257 e. The number of amides is 1. The van der Waals surface area contributed by atoms with Gasteiger partial charge < -0.3 is 10.2 Å². The standard InChI is InChI=1S/C24H25N3O/c28-24(26-22-9-5-2-6-10-22)21-16-23(18-25-17-21)27-13-11-20(12-14-27)15-19-7-3-1-4-8-19/h1-10,16-18,20H,11-15H2,(H,26,28). The SMILES string of the molecule is O=C(Nc1ccccc1)c1cncc(N2CCC(Cc3ccccc3)CC2)c1. The van der Waals surface area contributed by atoms with E-state index in [0.717, 1.165) is 49.6 Å². The van der Waals surface area contributed by atoms with Gasteiger partial charge in [0.25, 0.3) is 5.91 Å². The van der Waals surface area contributed by atoms with E-state index < -0.39 is 0 Å². The zero-order valence-corrected chi connectivity index (χ0v) is 15.9. The quantitative estimate of drug-likeness (QED) is 0.701. The lowest BCUT2D eigenvalue weighted by Gasteiger charge is -2.33. The molecule has 1 N–H and O–H groups in total. The van der Waals surface area contributed by atoms with Crippen LogP contribution < -0.4 is 10.2 Å². The van der Waals surface area contributed by atoms with Crippen LogP contribution >= 0.6 is 0 Å². The Bertz CT molecular complexity index is 903. The predicted molar refractivity (Wildman–Crippen MR) is 114 cm³/mol. The van der Waals surface area contributed by atoms with Gasteiger partial charge in [-0.15, -0.1) is 0 Å². The average Bonchev–Trinajstić information content (AvgIpc) is 2.76. The average molecular weight is 371 g/mol. The highest BCUT2D eigenvalue weighted by atomic mass is 16.1. The molecule has 4 nitrogen and oxygen atoms in total. The van der Waals surface area contributed by atoms with E-state index >= 15 is 0 Å². The Morgan fingerprint density at radius 2 is 1.64 bits per heavy atom. The Labute approximate surface area is 166 Å². The van der Waals surface area contributed by atoms with Crippen molar-refractivity contribution >= 4 is 17.3 Å². The molecular weight excluding hydrogens is 346 g/mol. The van der Waals surface area contributed by atoms with Gasteiger partial charge in [-0.2, -0.15) is 0 Å². The Balaban J connectivity index is 1.36. The van der Waals surface area contributed by atoms with Crippen molar-refractivity contribution in [1.29, 1.82) is 0 Å². The molecule has 1 aromatic heterocycles. The number of nitrogens with zero attached hydrogens (tertiary/aromatic N) is 2. The summed E-state index contributed by atoms with van der Waals surface area (Å²) in [6.07, 6.45) is 6.96. The summed E-state index contributed by atoms with van der Waals surface area (Å²) in [5, 5.41) is 2.93. The fourth-order valence-corrected chi connectivity index (χ4v) is 3.79. The molecule has 28 heavy (non-hydrogen) atoms. The van der Waals surface area contributed by atoms with Crippen molar-refractivity contribution in [3.63, 3.8) is 0 Å². The van der Waals surface area contributed by atoms with Crippen LogP contribution in [0.3, 0.4) is 0 Å². The van der Waals surface area contributed by atoms with Gasteiger partial charge >= 0.3 is 0 Å². The van der Waals surface area contributed by atoms with Crippen LogP contribution in [0.1, 0.15) is 28.8 Å². The van der Waals surface area contributed by atoms with Crippen molar-refractivity contribution in [3.8, 4) is 0 Å². The van der Waals surface area contributed by atoms with E-state index in [4.69, 9.17) is 0 Å². The van der Waals surface area contributed by atoms with Gasteiger partial charge in [-0.3, -0.25) is 9.78 Å². The van der Waals surface area contributed by atoms with Crippen LogP contribution in [0.25, 0.3) is 0 Å². The Kier molecular flexibility index (Phi) is 5.66. The maximum absolute atomic E-state index is 12.5. The number of hydrogen-bond acceptors (Lipinski definition) is 3. The molecule has 2 aromatic carbocycles. The number of benzene rings is 2. The molecule has 0 saturated carbocycles. The zero-order valence-electron chi connectivity index (χ0n) is 15.9. The van der Waals surface area contributed by atoms with Gasteiger partial charge in [0.15, 0.2) is 0 Å². The lowest BCUT2D eigenvalue weighted by atomic mass is 9.90. The molecule has 1 fully saturated rings. The number of aromatic nitrogens is 1. The third-order valence-corrected chi connectivity index (χ3v) is 5.36. The first-order valence-electron chi connectivity index (χ1n) is 9.88. The lowest BCUT2D eigenvalue weighted by Crippen LogP contribution is -2.34. The molecule has 2 heterocycles. The van der Waals surface area contributed by atoms with Crippen LogP contribution in [0.5, 0.6) is 0 Å². The second kappa shape index (κ2) is 8.70. The van der Waals surface area contributed by atoms with Crippen LogP contribution in [0.4, 0.5) is 11.4 Å². The highest BCUT2D eigenvalue weighted by molar-refractivity contribution is 6.04. The van der Waals surface area contributed by atoms with Crippen molar-refractivity contribution in [2.24, 2.45) is 5.92 Å². The van der Waals surface area contributed by atoms with Crippen molar-refractivity contribution in [3.05, 3.63) is 90.3 Å². The molecule has 1 amide bonds. The number of anilines is 2. The number of piperidine rings is 1. The van der Waals surface area contributed by atoms with E-state index in [1.807, 2.05) is 42.6 Å². The van der Waals surface area contributed by atoms with Gasteiger partial charge in [-0.1, -0.05) is 48.5 Å². The van der Waals surface area contributed by atoms with E-state index in [1.54, 1.807) is 6.20 Å². The molecule has 142 valence electrons. The molecular formula is C24H25N3O. The first-order valence-corrected chi connectivity index (χ1v) is 9.88. The Morgan fingerprint density at radius 3 is 2.36 bits per heavy atom. The van der Waals surface area contributed by atoms with Crippen LogP contribution in [0.2, 0.25) is 0 Å². The molecule has 3 aromatic rings. The molecule has 0 bridgehead atoms. The van der Waals surface area contributed by atoms with Crippen LogP contribution in [0.15, 0.2) is 79.1 Å². The number of carbonyl (C=O) groups is 1. The normalized spacial score (nSPS) is 14.6. The summed E-state index contributed by atoms with van der Waals surface area (Å²) in [6.45, 7) is 2.01. The summed E-state index contributed by atoms with van der Waals surface area (Å²) < 4.78 is 0. The van der Waals surface area contributed by atoms with Crippen LogP contribution in [0, 0.1) is 5.92 Å². The molecule has 1 saturated heterocycles. The monoisotopic (exact) mass is 371 g/mol. The lowest BCUT2D eigenvalue weighted by molar-refractivity contribution is 0.102. The smallest absolute Gasteiger partial charge is 0.257 e. The van der Waals surface area contributed by atoms with Gasteiger partial charge in [-0.25, -0.2) is 0 Å². The van der Waals surface area contributed by atoms with Crippen molar-refractivity contribution in [2.75, 3.05) is 23.3 Å². The first kappa shape index (κ1) is 18.2. The summed E-state index contributed by atoms with van der Waals surface area (Å²) in [4.78, 5) is 19.2. The number of nitrogens with one attached hydrogen (secondary N) is 1. The highest BCUT2D eigenvalue weighted by Gasteiger charge is 2.20. The minimum absolute atomic E-state index is 0.125. The van der Waals surface area contributed by atoms with E-state index in [-0.39, 0.29) is 5.91 Å². The number of rotatable bonds is 5. The third kappa shape index (κ3) is 4.58. The number of para-hydroxylation sites is 1. The van der Waals surface area contributed by atoms with Gasteiger partial charge in [0, 0.05) is 25.0 Å². The summed E-state index contributed by atoms with van der Waals surface area (Å²) >= 11 is 0. The molecule has 0 atom stereocenters. The number of hydrogen-bond donors (Lipinski definition) is 1. The van der Waals surface area contributed by atoms with Crippen molar-refractivity contribution < 1.29 is 4.79 Å². The molecule has 0 aliphatic carbocycles. The molecule has 0 unspecified atom stereocenters. The fourth-order valence-electron chi connectivity index (χ4n) is 3.79. The van der Waals surface area contributed by atoms with Crippen LogP contribution in [-0.4, -0.2) is 24.0 Å². The van der Waals surface area contributed by atoms with Gasteiger partial charge in [0.2, 0.25) is 0 Å². The van der Waals surface area contributed by atoms with E-state index in [9.17, 15) is 4.79 Å². The molecule has 0 radical (unpaired) electrons. The van der Waals surface area contributed by atoms with Gasteiger partial charge in [-0.05, 0) is 48.9 Å². The Hall–Kier alpha value is -3.14. The summed E-state index contributed by atoms with van der Waals surface area (Å²) in [5.41, 5.74) is 3.83. The largest absolute Gasteiger partial charge is 0.370 e. The zero-order chi connectivity index (χ0) is 19.2. The third-order valence-electron chi connectivity index (χ3n) is 5.36. The van der Waals surface area contributed by atoms with E-state index in [2.05, 4.69) is 45.5 Å². The second-order valence-electron chi connectivity index (χ2n) is 7.37. The topological polar surface area (TPSA) is 45.2 Å². The second-order valence-corrected chi connectivity index (χ2v) is 7.37. The van der Waals surface area contributed by atoms with Crippen molar-refractivity contribution in [1.82, 2.24) is 4.98 Å². The minimum atomic E-state index is -0.125. The fraction of sp³-hybridized carbons (Fsp3) is 0.250. The Morgan fingerprint density at radius 1 is 0.964 bits per heavy atom. The first-order chi connectivity index (χ1) is 13.8. The molecule has 0 spiro atoms. The van der Waals surface area contributed by atoms with E-state index in [1.165, 1.54) is 5.56 Å². The molecule has 4 rings (SSSR count). The van der Waals surface area contributed by atoms with Gasteiger partial charge in [0.1, 0.15) is 0 Å². The van der Waals surface area contributed by atoms with Crippen LogP contribution in [-0.2, 0) is 6.42 Å². The number of pyridine rings is 1. The predicted octanol–water partition coefficient (Wildman–Crippen LogP) is 4.79. The summed E-state index contributed by atoms with van der Waals surface area (Å²) in [5.74, 6) is 0.593.